The van der Waals surface area contributed by atoms with Crippen LogP contribution < -0.4 is 20.9 Å². The Kier molecular flexibility index (Phi) is 7.69. The number of nitrogens with one attached hydrogen (secondary N) is 3. The maximum absolute atomic E-state index is 11.8. The van der Waals surface area contributed by atoms with E-state index in [1.54, 1.807) is 31.4 Å². The highest BCUT2D eigenvalue weighted by Crippen LogP contribution is 2.10. The number of carbonyl (C=O) groups is 2. The Labute approximate surface area is 134 Å². The van der Waals surface area contributed by atoms with Crippen LogP contribution in [0, 0.1) is 0 Å². The molecule has 1 aromatic carbocycles. The van der Waals surface area contributed by atoms with Crippen LogP contribution in [0.15, 0.2) is 24.3 Å². The van der Waals surface area contributed by atoms with Gasteiger partial charge in [0.15, 0.2) is 5.11 Å². The van der Waals surface area contributed by atoms with Crippen LogP contribution in [-0.2, 0) is 9.53 Å². The number of hydrogen-bond acceptors (Lipinski definition) is 5. The molecule has 0 saturated carbocycles. The molecule has 1 rings (SSSR count). The zero-order chi connectivity index (χ0) is 16.4. The Morgan fingerprint density at radius 1 is 1.14 bits per heavy atom. The number of ether oxygens (including phenoxy) is 2. The summed E-state index contributed by atoms with van der Waals surface area (Å²) in [7, 11) is 2.90. The van der Waals surface area contributed by atoms with E-state index in [1.165, 1.54) is 7.11 Å². The van der Waals surface area contributed by atoms with Gasteiger partial charge in [-0.1, -0.05) is 0 Å². The van der Waals surface area contributed by atoms with E-state index >= 15 is 0 Å². The number of thiocarbonyl (C=S) groups is 1. The van der Waals surface area contributed by atoms with E-state index in [0.29, 0.717) is 30.7 Å². The molecule has 0 bridgehead atoms. The van der Waals surface area contributed by atoms with Crippen LogP contribution in [0.25, 0.3) is 0 Å². The van der Waals surface area contributed by atoms with Crippen molar-refractivity contribution in [3.05, 3.63) is 29.8 Å². The van der Waals surface area contributed by atoms with Crippen LogP contribution in [0.2, 0.25) is 0 Å². The molecule has 0 spiro atoms. The first-order chi connectivity index (χ1) is 10.6. The lowest BCUT2D eigenvalue weighted by Crippen LogP contribution is -2.47. The third kappa shape index (κ3) is 6.40. The standard InChI is InChI=1S/C14H19N3O4S/c1-20-11-7-5-10(6-8-11)13(19)16-17-14(22)15-9-3-4-12(18)21-2/h5-8H,3-4,9H2,1-2H3,(H,16,19)(H2,15,17,22). The highest BCUT2D eigenvalue weighted by Gasteiger charge is 2.06. The Morgan fingerprint density at radius 2 is 1.82 bits per heavy atom. The molecule has 7 nitrogen and oxygen atoms in total. The van der Waals surface area contributed by atoms with Crippen LogP contribution in [0.1, 0.15) is 23.2 Å². The Morgan fingerprint density at radius 3 is 2.41 bits per heavy atom. The van der Waals surface area contributed by atoms with Gasteiger partial charge in [-0.25, -0.2) is 0 Å². The molecule has 0 unspecified atom stereocenters. The number of esters is 1. The number of carbonyl (C=O) groups excluding carboxylic acids is 2. The van der Waals surface area contributed by atoms with Crippen molar-refractivity contribution in [2.75, 3.05) is 20.8 Å². The fourth-order valence-corrected chi connectivity index (χ4v) is 1.66. The molecule has 3 N–H and O–H groups in total. The second kappa shape index (κ2) is 9.56. The lowest BCUT2D eigenvalue weighted by molar-refractivity contribution is -0.140. The molecule has 0 aliphatic rings. The summed E-state index contributed by atoms with van der Waals surface area (Å²) in [6.07, 6.45) is 0.894. The van der Waals surface area contributed by atoms with Gasteiger partial charge in [0.05, 0.1) is 14.2 Å². The van der Waals surface area contributed by atoms with Crippen LogP contribution in [-0.4, -0.2) is 37.8 Å². The highest BCUT2D eigenvalue weighted by atomic mass is 32.1. The summed E-state index contributed by atoms with van der Waals surface area (Å²) in [5, 5.41) is 3.14. The SMILES string of the molecule is COC(=O)CCCNC(=S)NNC(=O)c1ccc(OC)cc1. The normalized spacial score (nSPS) is 9.55. The zero-order valence-electron chi connectivity index (χ0n) is 12.5. The smallest absolute Gasteiger partial charge is 0.305 e. The molecule has 0 radical (unpaired) electrons. The van der Waals surface area contributed by atoms with Gasteiger partial charge >= 0.3 is 5.97 Å². The van der Waals surface area contributed by atoms with Crippen molar-refractivity contribution in [3.63, 3.8) is 0 Å². The summed E-state index contributed by atoms with van der Waals surface area (Å²) >= 11 is 5.00. The minimum Gasteiger partial charge on any atom is -0.497 e. The molecule has 0 saturated heterocycles. The van der Waals surface area contributed by atoms with Crippen LogP contribution in [0.3, 0.4) is 0 Å². The number of amides is 1. The second-order valence-corrected chi connectivity index (χ2v) is 4.65. The Bertz CT molecular complexity index is 519. The molecular weight excluding hydrogens is 306 g/mol. The summed E-state index contributed by atoms with van der Waals surface area (Å²) in [6, 6.07) is 6.67. The lowest BCUT2D eigenvalue weighted by Gasteiger charge is -2.11. The van der Waals surface area contributed by atoms with Crippen molar-refractivity contribution in [2.45, 2.75) is 12.8 Å². The largest absolute Gasteiger partial charge is 0.497 e. The highest BCUT2D eigenvalue weighted by molar-refractivity contribution is 7.80. The monoisotopic (exact) mass is 325 g/mol. The topological polar surface area (TPSA) is 88.7 Å². The van der Waals surface area contributed by atoms with E-state index < -0.39 is 0 Å². The zero-order valence-corrected chi connectivity index (χ0v) is 13.3. The minimum absolute atomic E-state index is 0.270. The third-order valence-corrected chi connectivity index (χ3v) is 2.96. The van der Waals surface area contributed by atoms with Gasteiger partial charge in [0.1, 0.15) is 5.75 Å². The average molecular weight is 325 g/mol. The summed E-state index contributed by atoms with van der Waals surface area (Å²) in [5.41, 5.74) is 5.53. The molecule has 0 atom stereocenters. The molecule has 0 aromatic heterocycles. The van der Waals surface area contributed by atoms with E-state index in [2.05, 4.69) is 20.9 Å². The molecule has 22 heavy (non-hydrogen) atoms. The van der Waals surface area contributed by atoms with Crippen molar-refractivity contribution >= 4 is 29.2 Å². The number of hydrogen-bond donors (Lipinski definition) is 3. The van der Waals surface area contributed by atoms with Crippen molar-refractivity contribution in [2.24, 2.45) is 0 Å². The number of methoxy groups -OCH3 is 2. The Balaban J connectivity index is 2.25. The van der Waals surface area contributed by atoms with E-state index in [4.69, 9.17) is 17.0 Å². The van der Waals surface area contributed by atoms with Crippen molar-refractivity contribution in [1.29, 1.82) is 0 Å². The quantitative estimate of drug-likeness (QED) is 0.308. The maximum Gasteiger partial charge on any atom is 0.305 e. The van der Waals surface area contributed by atoms with Crippen molar-refractivity contribution < 1.29 is 19.1 Å². The van der Waals surface area contributed by atoms with E-state index in [0.717, 1.165) is 0 Å². The van der Waals surface area contributed by atoms with Crippen molar-refractivity contribution in [3.8, 4) is 5.75 Å². The van der Waals surface area contributed by atoms with E-state index in [-0.39, 0.29) is 17.0 Å². The minimum atomic E-state index is -0.318. The number of benzene rings is 1. The van der Waals surface area contributed by atoms with Crippen LogP contribution >= 0.6 is 12.2 Å². The average Bonchev–Trinajstić information content (AvgIpc) is 2.56. The summed E-state index contributed by atoms with van der Waals surface area (Å²) in [6.45, 7) is 0.499. The fourth-order valence-electron chi connectivity index (χ4n) is 1.51. The van der Waals surface area contributed by atoms with E-state index in [9.17, 15) is 9.59 Å². The first-order valence-electron chi connectivity index (χ1n) is 6.62. The fraction of sp³-hybridized carbons (Fsp3) is 0.357. The van der Waals surface area contributed by atoms with Crippen LogP contribution in [0.5, 0.6) is 5.75 Å². The summed E-state index contributed by atoms with van der Waals surface area (Å²) in [4.78, 5) is 22.8. The third-order valence-electron chi connectivity index (χ3n) is 2.71. The molecule has 120 valence electrons. The lowest BCUT2D eigenvalue weighted by atomic mass is 10.2. The molecule has 8 heteroatoms. The van der Waals surface area contributed by atoms with Gasteiger partial charge in [-0.05, 0) is 42.9 Å². The summed E-state index contributed by atoms with van der Waals surface area (Å²) in [5.74, 6) is 0.0853. The first-order valence-corrected chi connectivity index (χ1v) is 7.02. The van der Waals surface area contributed by atoms with Gasteiger partial charge in [-0.2, -0.15) is 0 Å². The van der Waals surface area contributed by atoms with E-state index in [1.807, 2.05) is 0 Å². The van der Waals surface area contributed by atoms with Crippen LogP contribution in [0.4, 0.5) is 0 Å². The van der Waals surface area contributed by atoms with Gasteiger partial charge in [-0.15, -0.1) is 0 Å². The predicted octanol–water partition coefficient (Wildman–Crippen LogP) is 0.757. The molecule has 0 heterocycles. The molecule has 1 aromatic rings. The number of rotatable bonds is 6. The van der Waals surface area contributed by atoms with Gasteiger partial charge in [-0.3, -0.25) is 20.4 Å². The number of hydrazine groups is 1. The molecule has 0 fully saturated rings. The first kappa shape index (κ1) is 17.7. The predicted molar refractivity (Wildman–Crippen MR) is 85.4 cm³/mol. The van der Waals surface area contributed by atoms with Gasteiger partial charge in [0.25, 0.3) is 5.91 Å². The second-order valence-electron chi connectivity index (χ2n) is 4.24. The molecule has 0 aliphatic carbocycles. The van der Waals surface area contributed by atoms with Crippen molar-refractivity contribution in [1.82, 2.24) is 16.2 Å². The van der Waals surface area contributed by atoms with Gasteiger partial charge in [0.2, 0.25) is 0 Å². The Hall–Kier alpha value is -2.35. The maximum atomic E-state index is 11.8. The molecular formula is C14H19N3O4S. The molecule has 1 amide bonds. The summed E-state index contributed by atoms with van der Waals surface area (Å²) < 4.78 is 9.54. The molecule has 0 aliphatic heterocycles. The van der Waals surface area contributed by atoms with Gasteiger partial charge in [0, 0.05) is 18.5 Å². The van der Waals surface area contributed by atoms with Gasteiger partial charge < -0.3 is 14.8 Å².